The number of hydrogen-bond acceptors (Lipinski definition) is 5. The van der Waals surface area contributed by atoms with Crippen LogP contribution in [0.2, 0.25) is 0 Å². The molecule has 0 saturated carbocycles. The molecule has 0 fully saturated rings. The van der Waals surface area contributed by atoms with E-state index in [1.807, 2.05) is 12.3 Å². The number of aliphatic hydroxyl groups is 1. The number of aryl methyl sites for hydroxylation is 1. The van der Waals surface area contributed by atoms with Crippen molar-refractivity contribution in [3.8, 4) is 5.75 Å². The fourth-order valence-electron chi connectivity index (χ4n) is 2.08. The van der Waals surface area contributed by atoms with Gasteiger partial charge in [-0.05, 0) is 35.7 Å². The third-order valence-electron chi connectivity index (χ3n) is 3.54. The number of methoxy groups -OCH3 is 1. The Morgan fingerprint density at radius 1 is 1.22 bits per heavy atom. The van der Waals surface area contributed by atoms with Gasteiger partial charge in [-0.2, -0.15) is 0 Å². The highest BCUT2D eigenvalue weighted by molar-refractivity contribution is 5.76. The van der Waals surface area contributed by atoms with Gasteiger partial charge in [-0.1, -0.05) is 25.1 Å². The third kappa shape index (κ3) is 4.79. The number of esters is 1. The molecule has 1 unspecified atom stereocenters. The van der Waals surface area contributed by atoms with Gasteiger partial charge in [0.1, 0.15) is 5.75 Å². The minimum absolute atomic E-state index is 0.473. The van der Waals surface area contributed by atoms with Crippen LogP contribution in [0.15, 0.2) is 42.6 Å². The molecule has 1 atom stereocenters. The van der Waals surface area contributed by atoms with Gasteiger partial charge >= 0.3 is 5.97 Å². The average molecular weight is 315 g/mol. The Balaban J connectivity index is 1.85. The molecule has 2 rings (SSSR count). The van der Waals surface area contributed by atoms with Crippen molar-refractivity contribution in [3.63, 3.8) is 0 Å². The summed E-state index contributed by atoms with van der Waals surface area (Å²) < 4.78 is 10.2. The van der Waals surface area contributed by atoms with Crippen LogP contribution in [0.1, 0.15) is 29.8 Å². The van der Waals surface area contributed by atoms with Gasteiger partial charge < -0.3 is 14.6 Å². The van der Waals surface area contributed by atoms with Crippen LogP contribution in [0.25, 0.3) is 0 Å². The van der Waals surface area contributed by atoms with E-state index in [9.17, 15) is 9.90 Å². The summed E-state index contributed by atoms with van der Waals surface area (Å²) in [5.74, 6) is -0.00346. The van der Waals surface area contributed by atoms with Crippen LogP contribution in [-0.2, 0) is 22.4 Å². The maximum Gasteiger partial charge on any atom is 0.339 e. The Kier molecular flexibility index (Phi) is 6.11. The van der Waals surface area contributed by atoms with Crippen LogP contribution in [-0.4, -0.2) is 29.8 Å². The summed E-state index contributed by atoms with van der Waals surface area (Å²) in [7, 11) is 1.24. The van der Waals surface area contributed by atoms with Gasteiger partial charge in [0.15, 0.2) is 6.10 Å². The Labute approximate surface area is 135 Å². The van der Waals surface area contributed by atoms with E-state index in [4.69, 9.17) is 4.74 Å². The molecule has 122 valence electrons. The molecule has 0 aliphatic heterocycles. The molecule has 0 radical (unpaired) electrons. The van der Waals surface area contributed by atoms with Crippen LogP contribution in [0.3, 0.4) is 0 Å². The van der Waals surface area contributed by atoms with E-state index in [0.717, 1.165) is 18.5 Å². The van der Waals surface area contributed by atoms with E-state index in [0.29, 0.717) is 17.9 Å². The molecule has 0 amide bonds. The Morgan fingerprint density at radius 2 is 1.96 bits per heavy atom. The highest BCUT2D eigenvalue weighted by Crippen LogP contribution is 2.19. The van der Waals surface area contributed by atoms with Crippen molar-refractivity contribution in [3.05, 3.63) is 59.4 Å². The third-order valence-corrected chi connectivity index (χ3v) is 3.54. The molecule has 1 aromatic carbocycles. The molecule has 2 aromatic rings. The first-order chi connectivity index (χ1) is 11.1. The smallest absolute Gasteiger partial charge is 0.339 e. The number of ether oxygens (including phenoxy) is 2. The molecule has 5 heteroatoms. The first kappa shape index (κ1) is 17.0. The van der Waals surface area contributed by atoms with E-state index in [1.54, 1.807) is 24.3 Å². The topological polar surface area (TPSA) is 68.7 Å². The first-order valence-corrected chi connectivity index (χ1v) is 7.56. The van der Waals surface area contributed by atoms with Gasteiger partial charge in [0, 0.05) is 18.3 Å². The number of nitrogens with zero attached hydrogens (tertiary/aromatic N) is 1. The van der Waals surface area contributed by atoms with Crippen LogP contribution in [0, 0.1) is 0 Å². The summed E-state index contributed by atoms with van der Waals surface area (Å²) in [5, 5.41) is 9.72. The van der Waals surface area contributed by atoms with Crippen LogP contribution in [0.4, 0.5) is 0 Å². The lowest BCUT2D eigenvalue weighted by Gasteiger charge is -2.10. The van der Waals surface area contributed by atoms with E-state index in [1.165, 1.54) is 12.7 Å². The number of aliphatic hydroxyl groups excluding tert-OH is 1. The lowest BCUT2D eigenvalue weighted by Crippen LogP contribution is -2.13. The highest BCUT2D eigenvalue weighted by Gasteiger charge is 2.17. The standard InChI is InChI=1S/C18H21NO4/c1-3-13-4-7-15(19-12-13)10-11-23-16-8-5-14(6-9-16)17(20)18(21)22-2/h4-9,12,17,20H,3,10-11H2,1-2H3. The molecule has 0 saturated heterocycles. The molecule has 0 aliphatic rings. The Hall–Kier alpha value is -2.40. The molecule has 0 aliphatic carbocycles. The summed E-state index contributed by atoms with van der Waals surface area (Å²) in [5.41, 5.74) is 2.68. The van der Waals surface area contributed by atoms with Crippen molar-refractivity contribution < 1.29 is 19.4 Å². The molecular formula is C18H21NO4. The van der Waals surface area contributed by atoms with E-state index < -0.39 is 12.1 Å². The molecule has 1 aromatic heterocycles. The zero-order chi connectivity index (χ0) is 16.7. The molecular weight excluding hydrogens is 294 g/mol. The number of aromatic nitrogens is 1. The fourth-order valence-corrected chi connectivity index (χ4v) is 2.08. The number of carbonyl (C=O) groups is 1. The summed E-state index contributed by atoms with van der Waals surface area (Å²) in [6.45, 7) is 2.61. The monoisotopic (exact) mass is 315 g/mol. The van der Waals surface area contributed by atoms with E-state index in [2.05, 4.69) is 22.7 Å². The molecule has 1 heterocycles. The van der Waals surface area contributed by atoms with E-state index >= 15 is 0 Å². The lowest BCUT2D eigenvalue weighted by atomic mass is 10.1. The van der Waals surface area contributed by atoms with Gasteiger partial charge in [0.05, 0.1) is 13.7 Å². The maximum atomic E-state index is 11.3. The second-order valence-electron chi connectivity index (χ2n) is 5.10. The predicted molar refractivity (Wildman–Crippen MR) is 86.2 cm³/mol. The summed E-state index contributed by atoms with van der Waals surface area (Å²) >= 11 is 0. The van der Waals surface area contributed by atoms with E-state index in [-0.39, 0.29) is 0 Å². The first-order valence-electron chi connectivity index (χ1n) is 7.56. The quantitative estimate of drug-likeness (QED) is 0.795. The SMILES string of the molecule is CCc1ccc(CCOc2ccc(C(O)C(=O)OC)cc2)nc1. The second-order valence-corrected chi connectivity index (χ2v) is 5.10. The zero-order valence-electron chi connectivity index (χ0n) is 13.4. The number of rotatable bonds is 7. The largest absolute Gasteiger partial charge is 0.493 e. The maximum absolute atomic E-state index is 11.3. The number of carbonyl (C=O) groups excluding carboxylic acids is 1. The number of benzene rings is 1. The molecule has 23 heavy (non-hydrogen) atoms. The molecule has 0 spiro atoms. The molecule has 1 N–H and O–H groups in total. The van der Waals surface area contributed by atoms with Gasteiger partial charge in [0.25, 0.3) is 0 Å². The Bertz CT molecular complexity index is 622. The minimum Gasteiger partial charge on any atom is -0.493 e. The van der Waals surface area contributed by atoms with Crippen LogP contribution >= 0.6 is 0 Å². The second kappa shape index (κ2) is 8.29. The van der Waals surface area contributed by atoms with Crippen LogP contribution < -0.4 is 4.74 Å². The number of pyridine rings is 1. The fraction of sp³-hybridized carbons (Fsp3) is 0.333. The van der Waals surface area contributed by atoms with Crippen molar-refractivity contribution in [1.82, 2.24) is 4.98 Å². The zero-order valence-corrected chi connectivity index (χ0v) is 13.4. The minimum atomic E-state index is -1.27. The van der Waals surface area contributed by atoms with Crippen molar-refractivity contribution in [1.29, 1.82) is 0 Å². The van der Waals surface area contributed by atoms with Gasteiger partial charge in [0.2, 0.25) is 0 Å². The van der Waals surface area contributed by atoms with Gasteiger partial charge in [-0.25, -0.2) is 4.79 Å². The predicted octanol–water partition coefficient (Wildman–Crippen LogP) is 2.47. The molecule has 0 bridgehead atoms. The number of hydrogen-bond donors (Lipinski definition) is 1. The van der Waals surface area contributed by atoms with Crippen LogP contribution in [0.5, 0.6) is 5.75 Å². The summed E-state index contributed by atoms with van der Waals surface area (Å²) in [4.78, 5) is 15.6. The Morgan fingerprint density at radius 3 is 2.52 bits per heavy atom. The van der Waals surface area contributed by atoms with Crippen molar-refractivity contribution in [2.45, 2.75) is 25.9 Å². The lowest BCUT2D eigenvalue weighted by molar-refractivity contribution is -0.150. The normalized spacial score (nSPS) is 11.8. The molecule has 5 nitrogen and oxygen atoms in total. The average Bonchev–Trinajstić information content (AvgIpc) is 2.61. The van der Waals surface area contributed by atoms with Crippen molar-refractivity contribution in [2.75, 3.05) is 13.7 Å². The highest BCUT2D eigenvalue weighted by atomic mass is 16.5. The van der Waals surface area contributed by atoms with Gasteiger partial charge in [-0.3, -0.25) is 4.98 Å². The van der Waals surface area contributed by atoms with Crippen molar-refractivity contribution in [2.24, 2.45) is 0 Å². The van der Waals surface area contributed by atoms with Gasteiger partial charge in [-0.15, -0.1) is 0 Å². The van der Waals surface area contributed by atoms with Crippen molar-refractivity contribution >= 4 is 5.97 Å². The summed E-state index contributed by atoms with van der Waals surface area (Å²) in [6, 6.07) is 10.8. The summed E-state index contributed by atoms with van der Waals surface area (Å²) in [6.07, 6.45) is 2.32.